The number of carbonyl (C=O) groups is 1. The first-order valence-corrected chi connectivity index (χ1v) is 9.48. The van der Waals surface area contributed by atoms with Gasteiger partial charge in [0.15, 0.2) is 0 Å². The van der Waals surface area contributed by atoms with Gasteiger partial charge in [-0.25, -0.2) is 0 Å². The predicted octanol–water partition coefficient (Wildman–Crippen LogP) is 5.62. The Balaban J connectivity index is 1.85. The smallest absolute Gasteiger partial charge is 0.221 e. The molecule has 0 fully saturated rings. The van der Waals surface area contributed by atoms with E-state index in [0.29, 0.717) is 6.42 Å². The molecule has 0 saturated heterocycles. The Bertz CT molecular complexity index is 712. The average molecular weight is 362 g/mol. The lowest BCUT2D eigenvalue weighted by atomic mass is 9.96. The fraction of sp³-hybridized carbons (Fsp3) is 0.350. The van der Waals surface area contributed by atoms with E-state index in [1.54, 1.807) is 11.8 Å². The Hall–Kier alpha value is -1.45. The summed E-state index contributed by atoms with van der Waals surface area (Å²) in [5.74, 6) is 0.841. The van der Waals surface area contributed by atoms with E-state index in [2.05, 4.69) is 38.2 Å². The van der Waals surface area contributed by atoms with Crippen LogP contribution in [-0.4, -0.2) is 11.7 Å². The highest BCUT2D eigenvalue weighted by Crippen LogP contribution is 2.23. The normalized spacial score (nSPS) is 12.0. The monoisotopic (exact) mass is 361 g/mol. The van der Waals surface area contributed by atoms with E-state index in [0.717, 1.165) is 15.7 Å². The van der Waals surface area contributed by atoms with Crippen LogP contribution in [0.4, 0.5) is 0 Å². The Kier molecular flexibility index (Phi) is 6.76. The number of aryl methyl sites for hydroxylation is 3. The first-order chi connectivity index (χ1) is 11.4. The minimum atomic E-state index is 0.0253. The molecule has 0 radical (unpaired) electrons. The zero-order valence-electron chi connectivity index (χ0n) is 14.7. The fourth-order valence-corrected chi connectivity index (χ4v) is 3.61. The number of hydrogen-bond donors (Lipinski definition) is 1. The van der Waals surface area contributed by atoms with E-state index < -0.39 is 0 Å². The molecule has 2 aromatic rings. The lowest BCUT2D eigenvalue weighted by Crippen LogP contribution is -2.27. The average Bonchev–Trinajstić information content (AvgIpc) is 2.52. The molecule has 24 heavy (non-hydrogen) atoms. The van der Waals surface area contributed by atoms with Crippen LogP contribution in [0.1, 0.15) is 41.6 Å². The summed E-state index contributed by atoms with van der Waals surface area (Å²) in [6.07, 6.45) is 0.502. The van der Waals surface area contributed by atoms with Crippen molar-refractivity contribution < 1.29 is 4.79 Å². The molecule has 2 aromatic carbocycles. The van der Waals surface area contributed by atoms with Crippen molar-refractivity contribution in [3.8, 4) is 0 Å². The number of nitrogens with one attached hydrogen (secondary N) is 1. The van der Waals surface area contributed by atoms with Crippen molar-refractivity contribution in [2.24, 2.45) is 0 Å². The van der Waals surface area contributed by atoms with Crippen LogP contribution >= 0.6 is 23.4 Å². The second-order valence-corrected chi connectivity index (χ2v) is 7.74. The summed E-state index contributed by atoms with van der Waals surface area (Å²) in [5, 5.41) is 3.84. The molecule has 0 aliphatic carbocycles. The second kappa shape index (κ2) is 8.59. The van der Waals surface area contributed by atoms with Crippen LogP contribution < -0.4 is 5.32 Å². The summed E-state index contributed by atoms with van der Waals surface area (Å²) in [5.41, 5.74) is 4.96. The lowest BCUT2D eigenvalue weighted by molar-refractivity contribution is -0.121. The van der Waals surface area contributed by atoms with E-state index in [4.69, 9.17) is 11.6 Å². The van der Waals surface area contributed by atoms with Gasteiger partial charge in [-0.05, 0) is 74.2 Å². The molecular weight excluding hydrogens is 338 g/mol. The molecule has 0 aromatic heterocycles. The molecule has 0 heterocycles. The molecule has 128 valence electrons. The van der Waals surface area contributed by atoms with Crippen molar-refractivity contribution in [3.05, 3.63) is 63.7 Å². The molecule has 1 N–H and O–H groups in total. The highest BCUT2D eigenvalue weighted by Gasteiger charge is 2.13. The van der Waals surface area contributed by atoms with Gasteiger partial charge in [-0.1, -0.05) is 23.7 Å². The van der Waals surface area contributed by atoms with Gasteiger partial charge < -0.3 is 5.32 Å². The third kappa shape index (κ3) is 5.29. The van der Waals surface area contributed by atoms with Crippen LogP contribution in [-0.2, 0) is 4.79 Å². The van der Waals surface area contributed by atoms with Crippen molar-refractivity contribution in [2.45, 2.75) is 45.1 Å². The number of amides is 1. The molecule has 0 saturated carbocycles. The minimum Gasteiger partial charge on any atom is -0.350 e. The fourth-order valence-electron chi connectivity index (χ4n) is 2.63. The summed E-state index contributed by atoms with van der Waals surface area (Å²) in [7, 11) is 0. The first-order valence-electron chi connectivity index (χ1n) is 8.12. The number of carbonyl (C=O) groups excluding carboxylic acids is 1. The number of thioether (sulfide) groups is 1. The first kappa shape index (κ1) is 18.9. The maximum atomic E-state index is 12.2. The van der Waals surface area contributed by atoms with E-state index >= 15 is 0 Å². The summed E-state index contributed by atoms with van der Waals surface area (Å²) >= 11 is 7.54. The van der Waals surface area contributed by atoms with Crippen molar-refractivity contribution in [3.63, 3.8) is 0 Å². The molecule has 1 atom stereocenters. The van der Waals surface area contributed by atoms with E-state index in [1.807, 2.05) is 31.2 Å². The number of hydrogen-bond acceptors (Lipinski definition) is 2. The van der Waals surface area contributed by atoms with Gasteiger partial charge in [0.05, 0.1) is 6.04 Å². The Labute approximate surface area is 154 Å². The molecule has 4 heteroatoms. The van der Waals surface area contributed by atoms with Gasteiger partial charge in [0.1, 0.15) is 0 Å². The summed E-state index contributed by atoms with van der Waals surface area (Å²) in [4.78, 5) is 13.3. The SMILES string of the molecule is Cc1cc(C)c(C(C)NC(=O)CCSc2ccc(Cl)cc2)cc1C. The number of rotatable bonds is 6. The van der Waals surface area contributed by atoms with Crippen LogP contribution in [0.5, 0.6) is 0 Å². The standard InChI is InChI=1S/C20H24ClNOS/c1-13-11-15(3)19(12-14(13)2)16(4)22-20(23)9-10-24-18-7-5-17(21)6-8-18/h5-8,11-12,16H,9-10H2,1-4H3,(H,22,23). The van der Waals surface area contributed by atoms with Gasteiger partial charge in [0.2, 0.25) is 5.91 Å². The third-order valence-corrected chi connectivity index (χ3v) is 5.40. The molecule has 1 amide bonds. The van der Waals surface area contributed by atoms with Gasteiger partial charge in [0, 0.05) is 22.1 Å². The molecule has 2 rings (SSSR count). The minimum absolute atomic E-state index is 0.0253. The molecule has 0 aliphatic rings. The van der Waals surface area contributed by atoms with Gasteiger partial charge in [-0.3, -0.25) is 4.79 Å². The summed E-state index contributed by atoms with van der Waals surface area (Å²) in [6, 6.07) is 12.1. The maximum absolute atomic E-state index is 12.2. The molecule has 0 spiro atoms. The topological polar surface area (TPSA) is 29.1 Å². The number of halogens is 1. The van der Waals surface area contributed by atoms with Crippen molar-refractivity contribution in [1.29, 1.82) is 0 Å². The van der Waals surface area contributed by atoms with E-state index in [9.17, 15) is 4.79 Å². The van der Waals surface area contributed by atoms with Gasteiger partial charge in [0.25, 0.3) is 0 Å². The van der Waals surface area contributed by atoms with Gasteiger partial charge in [-0.2, -0.15) is 0 Å². The molecule has 0 bridgehead atoms. The zero-order valence-corrected chi connectivity index (χ0v) is 16.2. The largest absolute Gasteiger partial charge is 0.350 e. The van der Waals surface area contributed by atoms with Gasteiger partial charge >= 0.3 is 0 Å². The van der Waals surface area contributed by atoms with E-state index in [-0.39, 0.29) is 11.9 Å². The van der Waals surface area contributed by atoms with Crippen LogP contribution in [0.2, 0.25) is 5.02 Å². The number of benzene rings is 2. The Morgan fingerprint density at radius 1 is 1.08 bits per heavy atom. The maximum Gasteiger partial charge on any atom is 0.221 e. The third-order valence-electron chi connectivity index (χ3n) is 4.14. The van der Waals surface area contributed by atoms with Gasteiger partial charge in [-0.15, -0.1) is 11.8 Å². The molecular formula is C20H24ClNOS. The van der Waals surface area contributed by atoms with Crippen LogP contribution in [0.15, 0.2) is 41.3 Å². The molecule has 1 unspecified atom stereocenters. The summed E-state index contributed by atoms with van der Waals surface area (Å²) < 4.78 is 0. The quantitative estimate of drug-likeness (QED) is 0.676. The van der Waals surface area contributed by atoms with Crippen LogP contribution in [0.3, 0.4) is 0 Å². The highest BCUT2D eigenvalue weighted by atomic mass is 35.5. The highest BCUT2D eigenvalue weighted by molar-refractivity contribution is 7.99. The Morgan fingerprint density at radius 3 is 2.38 bits per heavy atom. The van der Waals surface area contributed by atoms with Crippen LogP contribution in [0.25, 0.3) is 0 Å². The molecule has 2 nitrogen and oxygen atoms in total. The summed E-state index contributed by atoms with van der Waals surface area (Å²) in [6.45, 7) is 8.36. The predicted molar refractivity (Wildman–Crippen MR) is 104 cm³/mol. The lowest BCUT2D eigenvalue weighted by Gasteiger charge is -2.18. The van der Waals surface area contributed by atoms with Crippen molar-refractivity contribution in [2.75, 3.05) is 5.75 Å². The van der Waals surface area contributed by atoms with Crippen LogP contribution in [0, 0.1) is 20.8 Å². The Morgan fingerprint density at radius 2 is 1.71 bits per heavy atom. The van der Waals surface area contributed by atoms with Crippen molar-refractivity contribution in [1.82, 2.24) is 5.32 Å². The zero-order chi connectivity index (χ0) is 17.7. The van der Waals surface area contributed by atoms with E-state index in [1.165, 1.54) is 22.3 Å². The van der Waals surface area contributed by atoms with Crippen molar-refractivity contribution >= 4 is 29.3 Å². The molecule has 0 aliphatic heterocycles. The second-order valence-electron chi connectivity index (χ2n) is 6.13.